The Morgan fingerprint density at radius 1 is 1.15 bits per heavy atom. The van der Waals surface area contributed by atoms with E-state index in [0.717, 1.165) is 5.57 Å². The van der Waals surface area contributed by atoms with Crippen molar-refractivity contribution in [1.82, 2.24) is 0 Å². The van der Waals surface area contributed by atoms with E-state index in [-0.39, 0.29) is 30.0 Å². The minimum Gasteiger partial charge on any atom is -0.458 e. The number of Topliss-reactive ketones (excluding diaryl/α,β-unsaturated/α-hetero) is 1. The topological polar surface area (TPSA) is 86.7 Å². The van der Waals surface area contributed by atoms with Crippen LogP contribution in [0, 0.1) is 28.6 Å². The second-order valence-corrected chi connectivity index (χ2v) is 11.4. The van der Waals surface area contributed by atoms with Gasteiger partial charge in [0.2, 0.25) is 5.78 Å². The van der Waals surface area contributed by atoms with E-state index in [4.69, 9.17) is 9.47 Å². The molecular formula is C26H30BrFO6. The van der Waals surface area contributed by atoms with Gasteiger partial charge in [0.05, 0.1) is 4.48 Å². The number of halogens is 2. The van der Waals surface area contributed by atoms with E-state index in [1.807, 2.05) is 26.8 Å². The molecule has 4 aliphatic rings. The fourth-order valence-electron chi connectivity index (χ4n) is 7.29. The summed E-state index contributed by atoms with van der Waals surface area (Å²) < 4.78 is 26.9. The Morgan fingerprint density at radius 2 is 1.82 bits per heavy atom. The predicted octanol–water partition coefficient (Wildman–Crippen LogP) is 4.57. The summed E-state index contributed by atoms with van der Waals surface area (Å²) in [6.07, 6.45) is 5.14. The maximum atomic E-state index is 15.6. The summed E-state index contributed by atoms with van der Waals surface area (Å²) in [6, 6.07) is 0. The van der Waals surface area contributed by atoms with Gasteiger partial charge in [-0.2, -0.15) is 0 Å². The van der Waals surface area contributed by atoms with Crippen molar-refractivity contribution in [3.05, 3.63) is 33.9 Å². The van der Waals surface area contributed by atoms with Crippen molar-refractivity contribution in [2.24, 2.45) is 28.6 Å². The van der Waals surface area contributed by atoms with E-state index in [1.54, 1.807) is 6.08 Å². The van der Waals surface area contributed by atoms with Gasteiger partial charge in [0.15, 0.2) is 18.0 Å². The Bertz CT molecular complexity index is 1080. The zero-order chi connectivity index (χ0) is 25.2. The normalized spacial score (nSPS) is 40.7. The second-order valence-electron chi connectivity index (χ2n) is 10.5. The summed E-state index contributed by atoms with van der Waals surface area (Å²) in [5.41, 5.74) is -1.52. The number of hydrogen-bond acceptors (Lipinski definition) is 6. The van der Waals surface area contributed by atoms with Gasteiger partial charge in [-0.1, -0.05) is 31.6 Å². The number of allylic oxidation sites excluding steroid dienone is 6. The van der Waals surface area contributed by atoms with E-state index in [0.29, 0.717) is 22.9 Å². The van der Waals surface area contributed by atoms with Gasteiger partial charge in [-0.15, -0.1) is 0 Å². The Morgan fingerprint density at radius 3 is 2.44 bits per heavy atom. The second kappa shape index (κ2) is 8.25. The van der Waals surface area contributed by atoms with Gasteiger partial charge in [0, 0.05) is 30.6 Å². The molecule has 7 atom stereocenters. The molecule has 0 aromatic rings. The summed E-state index contributed by atoms with van der Waals surface area (Å²) in [6.45, 7) is 7.75. The van der Waals surface area contributed by atoms with Gasteiger partial charge in [0.1, 0.15) is 6.17 Å². The minimum atomic E-state index is -1.48. The van der Waals surface area contributed by atoms with Crippen LogP contribution in [0.4, 0.5) is 4.39 Å². The molecule has 6 nitrogen and oxygen atoms in total. The number of esters is 2. The van der Waals surface area contributed by atoms with Crippen LogP contribution in [0.3, 0.4) is 0 Å². The number of alkyl halides is 1. The lowest BCUT2D eigenvalue weighted by Gasteiger charge is -2.54. The molecule has 0 N–H and O–H groups in total. The van der Waals surface area contributed by atoms with Gasteiger partial charge < -0.3 is 9.47 Å². The third-order valence-corrected chi connectivity index (χ3v) is 9.28. The Labute approximate surface area is 207 Å². The van der Waals surface area contributed by atoms with E-state index >= 15 is 4.39 Å². The molecule has 0 spiro atoms. The highest BCUT2D eigenvalue weighted by Gasteiger charge is 2.70. The van der Waals surface area contributed by atoms with E-state index < -0.39 is 46.9 Å². The monoisotopic (exact) mass is 536 g/mol. The molecule has 0 bridgehead atoms. The summed E-state index contributed by atoms with van der Waals surface area (Å²) in [5, 5.41) is 0. The SMILES string of the molecule is CC(=O)OCC(=O)C1(OC(C)=O)[C@@H](C)C[C@H]2[C@@H]3C[C@@H](F)C4=CC(=O)C(Br)=C[C@]4(C)C3=CC[C@@]21C. The first-order valence-corrected chi connectivity index (χ1v) is 12.4. The van der Waals surface area contributed by atoms with Gasteiger partial charge in [0.25, 0.3) is 0 Å². The van der Waals surface area contributed by atoms with Crippen LogP contribution in [0.1, 0.15) is 53.9 Å². The number of ketones is 2. The van der Waals surface area contributed by atoms with Crippen LogP contribution < -0.4 is 0 Å². The highest BCUT2D eigenvalue weighted by molar-refractivity contribution is 9.12. The Balaban J connectivity index is 1.82. The maximum absolute atomic E-state index is 15.6. The molecule has 0 amide bonds. The zero-order valence-electron chi connectivity index (χ0n) is 20.1. The maximum Gasteiger partial charge on any atom is 0.303 e. The average Bonchev–Trinajstić information content (AvgIpc) is 2.96. The standard InChI is InChI=1S/C26H30BrFO6/c1-13-8-18-16-9-21(28)19-10-22(31)20(27)11-24(19,4)17(16)6-7-25(18,5)26(13,34-15(3)30)23(32)12-33-14(2)29/h6,10-11,13,16,18,21H,7-9,12H2,1-5H3/t13-,16+,18-,21+,24+,25-,26?/m0/s1. The molecule has 8 heteroatoms. The first-order valence-electron chi connectivity index (χ1n) is 11.6. The van der Waals surface area contributed by atoms with Gasteiger partial charge in [-0.05, 0) is 65.6 Å². The Hall–Kier alpha value is -2.09. The highest BCUT2D eigenvalue weighted by Crippen LogP contribution is 2.67. The predicted molar refractivity (Wildman–Crippen MR) is 125 cm³/mol. The van der Waals surface area contributed by atoms with E-state index in [9.17, 15) is 19.2 Å². The van der Waals surface area contributed by atoms with Crippen LogP contribution in [0.5, 0.6) is 0 Å². The minimum absolute atomic E-state index is 0.135. The fourth-order valence-corrected chi connectivity index (χ4v) is 7.86. The molecule has 0 aliphatic heterocycles. The van der Waals surface area contributed by atoms with Crippen LogP contribution in [0.25, 0.3) is 0 Å². The van der Waals surface area contributed by atoms with Crippen molar-refractivity contribution in [3.8, 4) is 0 Å². The number of fused-ring (bicyclic) bond motifs is 5. The molecule has 4 rings (SSSR count). The van der Waals surface area contributed by atoms with Gasteiger partial charge >= 0.3 is 11.9 Å². The molecule has 34 heavy (non-hydrogen) atoms. The molecule has 2 fully saturated rings. The van der Waals surface area contributed by atoms with Crippen molar-refractivity contribution in [2.45, 2.75) is 65.7 Å². The quantitative estimate of drug-likeness (QED) is 0.386. The summed E-state index contributed by atoms with van der Waals surface area (Å²) in [7, 11) is 0. The molecule has 184 valence electrons. The van der Waals surface area contributed by atoms with Crippen LogP contribution >= 0.6 is 15.9 Å². The molecule has 0 aromatic heterocycles. The average molecular weight is 537 g/mol. The third kappa shape index (κ3) is 3.39. The number of carbonyl (C=O) groups is 4. The van der Waals surface area contributed by atoms with Crippen molar-refractivity contribution < 1.29 is 33.0 Å². The highest BCUT2D eigenvalue weighted by atomic mass is 79.9. The summed E-state index contributed by atoms with van der Waals surface area (Å²) >= 11 is 3.33. The van der Waals surface area contributed by atoms with Crippen LogP contribution in [0.15, 0.2) is 33.9 Å². The summed E-state index contributed by atoms with van der Waals surface area (Å²) in [4.78, 5) is 49.5. The molecule has 4 aliphatic carbocycles. The lowest BCUT2D eigenvalue weighted by atomic mass is 9.51. The van der Waals surface area contributed by atoms with E-state index in [1.165, 1.54) is 19.9 Å². The first kappa shape index (κ1) is 25.0. The third-order valence-electron chi connectivity index (χ3n) is 8.66. The Kier molecular flexibility index (Phi) is 6.07. The first-order chi connectivity index (χ1) is 15.8. The van der Waals surface area contributed by atoms with Crippen molar-refractivity contribution in [1.29, 1.82) is 0 Å². The van der Waals surface area contributed by atoms with Gasteiger partial charge in [-0.3, -0.25) is 19.2 Å². The van der Waals surface area contributed by atoms with Crippen molar-refractivity contribution >= 4 is 39.4 Å². The van der Waals surface area contributed by atoms with E-state index in [2.05, 4.69) is 15.9 Å². The molecule has 2 saturated carbocycles. The smallest absolute Gasteiger partial charge is 0.303 e. The summed E-state index contributed by atoms with van der Waals surface area (Å²) in [5.74, 6) is -2.53. The van der Waals surface area contributed by atoms with Crippen LogP contribution in [-0.2, 0) is 28.7 Å². The van der Waals surface area contributed by atoms with Crippen LogP contribution in [0.2, 0.25) is 0 Å². The van der Waals surface area contributed by atoms with Crippen molar-refractivity contribution in [2.75, 3.05) is 6.61 Å². The molecule has 0 saturated heterocycles. The molecule has 1 unspecified atom stereocenters. The molecule has 0 aromatic carbocycles. The molecule has 0 heterocycles. The fraction of sp³-hybridized carbons (Fsp3) is 0.615. The largest absolute Gasteiger partial charge is 0.458 e. The van der Waals surface area contributed by atoms with Crippen LogP contribution in [-0.4, -0.2) is 41.9 Å². The number of rotatable bonds is 4. The number of carbonyl (C=O) groups excluding carboxylic acids is 4. The van der Waals surface area contributed by atoms with Gasteiger partial charge in [-0.25, -0.2) is 4.39 Å². The molecule has 0 radical (unpaired) electrons. The van der Waals surface area contributed by atoms with Crippen molar-refractivity contribution in [3.63, 3.8) is 0 Å². The zero-order valence-corrected chi connectivity index (χ0v) is 21.7. The molecular weight excluding hydrogens is 507 g/mol. The number of hydrogen-bond donors (Lipinski definition) is 0. The lowest BCUT2D eigenvalue weighted by Crippen LogP contribution is -2.60. The lowest BCUT2D eigenvalue weighted by molar-refractivity contribution is -0.190. The number of ether oxygens (including phenoxy) is 2.